The smallest absolute Gasteiger partial charge is 0.407 e. The first-order valence-corrected chi connectivity index (χ1v) is 13.2. The van der Waals surface area contributed by atoms with Gasteiger partial charge in [0.15, 0.2) is 0 Å². The van der Waals surface area contributed by atoms with Gasteiger partial charge < -0.3 is 19.7 Å². The van der Waals surface area contributed by atoms with Crippen molar-refractivity contribution in [3.63, 3.8) is 0 Å². The highest BCUT2D eigenvalue weighted by Crippen LogP contribution is 2.20. The molecule has 0 aliphatic rings. The minimum atomic E-state index is -0.695. The van der Waals surface area contributed by atoms with Crippen LogP contribution in [0, 0.1) is 0 Å². The summed E-state index contributed by atoms with van der Waals surface area (Å²) in [7, 11) is 1.34. The van der Waals surface area contributed by atoms with Gasteiger partial charge in [-0.25, -0.2) is 9.59 Å². The van der Waals surface area contributed by atoms with E-state index in [1.807, 2.05) is 65.4 Å². The van der Waals surface area contributed by atoms with Gasteiger partial charge in [-0.15, -0.1) is 22.7 Å². The summed E-state index contributed by atoms with van der Waals surface area (Å²) in [5, 5.41) is 6.62. The molecule has 0 aliphatic heterocycles. The molecular weight excluding hydrogens is 484 g/mol. The third-order valence-electron chi connectivity index (χ3n) is 5.37. The monoisotopic (exact) mass is 514 g/mol. The van der Waals surface area contributed by atoms with E-state index in [2.05, 4.69) is 5.32 Å². The minimum absolute atomic E-state index is 0.112. The van der Waals surface area contributed by atoms with Crippen LogP contribution in [0.5, 0.6) is 0 Å². The van der Waals surface area contributed by atoms with E-state index >= 15 is 0 Å². The Hall–Kier alpha value is -3.17. The van der Waals surface area contributed by atoms with Gasteiger partial charge in [-0.2, -0.15) is 0 Å². The second-order valence-electron chi connectivity index (χ2n) is 7.88. The molecule has 2 heterocycles. The van der Waals surface area contributed by atoms with E-state index in [0.717, 1.165) is 15.3 Å². The topological polar surface area (TPSA) is 84.9 Å². The van der Waals surface area contributed by atoms with Crippen molar-refractivity contribution < 1.29 is 23.9 Å². The Balaban J connectivity index is 1.52. The second kappa shape index (κ2) is 14.3. The molecular formula is C26H30N2O5S2. The number of nitrogens with zero attached hydrogens (tertiary/aromatic N) is 1. The Morgan fingerprint density at radius 2 is 1.66 bits per heavy atom. The Bertz CT molecular complexity index is 1040. The van der Waals surface area contributed by atoms with Gasteiger partial charge in [0.25, 0.3) is 0 Å². The van der Waals surface area contributed by atoms with Crippen LogP contribution in [0.15, 0.2) is 65.4 Å². The van der Waals surface area contributed by atoms with Gasteiger partial charge in [0.2, 0.25) is 5.91 Å². The number of hydrogen-bond acceptors (Lipinski definition) is 7. The van der Waals surface area contributed by atoms with Crippen LogP contribution in [0.25, 0.3) is 0 Å². The van der Waals surface area contributed by atoms with E-state index < -0.39 is 18.1 Å². The number of carbonyl (C=O) groups excluding carboxylic acids is 3. The maximum atomic E-state index is 13.2. The number of amides is 2. The highest BCUT2D eigenvalue weighted by atomic mass is 32.1. The number of carbonyl (C=O) groups is 3. The van der Waals surface area contributed by atoms with Crippen molar-refractivity contribution in [2.24, 2.45) is 0 Å². The molecule has 0 saturated heterocycles. The van der Waals surface area contributed by atoms with E-state index in [0.29, 0.717) is 32.4 Å². The summed E-state index contributed by atoms with van der Waals surface area (Å²) < 4.78 is 10.3. The summed E-state index contributed by atoms with van der Waals surface area (Å²) in [5.41, 5.74) is 0.918. The lowest BCUT2D eigenvalue weighted by Gasteiger charge is -2.30. The zero-order valence-electron chi connectivity index (χ0n) is 19.7. The van der Waals surface area contributed by atoms with Gasteiger partial charge in [0, 0.05) is 16.3 Å². The summed E-state index contributed by atoms with van der Waals surface area (Å²) in [4.78, 5) is 41.4. The Morgan fingerprint density at radius 3 is 2.31 bits per heavy atom. The lowest BCUT2D eigenvalue weighted by Crippen LogP contribution is -2.45. The van der Waals surface area contributed by atoms with Crippen molar-refractivity contribution >= 4 is 40.6 Å². The van der Waals surface area contributed by atoms with Crippen LogP contribution in [0.3, 0.4) is 0 Å². The minimum Gasteiger partial charge on any atom is -0.467 e. The van der Waals surface area contributed by atoms with Gasteiger partial charge in [0.05, 0.1) is 20.1 Å². The molecule has 0 spiro atoms. The molecule has 0 saturated carbocycles. The maximum Gasteiger partial charge on any atom is 0.407 e. The molecule has 186 valence electrons. The summed E-state index contributed by atoms with van der Waals surface area (Å²) in [6, 6.07) is 16.5. The number of hydrogen-bond donors (Lipinski definition) is 1. The number of nitrogens with one attached hydrogen (secondary N) is 1. The van der Waals surface area contributed by atoms with Crippen molar-refractivity contribution in [3.8, 4) is 0 Å². The predicted molar refractivity (Wildman–Crippen MR) is 137 cm³/mol. The number of thiophene rings is 2. The first kappa shape index (κ1) is 26.4. The van der Waals surface area contributed by atoms with Gasteiger partial charge in [-0.1, -0.05) is 42.5 Å². The Kier molecular flexibility index (Phi) is 10.8. The van der Waals surface area contributed by atoms with Crippen LogP contribution in [0.4, 0.5) is 4.79 Å². The largest absolute Gasteiger partial charge is 0.467 e. The van der Waals surface area contributed by atoms with Crippen LogP contribution < -0.4 is 5.32 Å². The van der Waals surface area contributed by atoms with Crippen LogP contribution in [0.1, 0.15) is 34.6 Å². The standard InChI is InChI=1S/C26H30N2O5S2/c1-32-25(30)23(13-5-6-14-27-26(31)33-19-20-9-3-2-4-10-20)28(18-22-12-8-16-35-22)24(29)17-21-11-7-15-34-21/h2-4,7-12,15-16,23H,5-6,13-14,17-19H2,1H3,(H,27,31)/t23-/m0/s1. The molecule has 1 atom stereocenters. The van der Waals surface area contributed by atoms with Crippen molar-refractivity contribution in [1.82, 2.24) is 10.2 Å². The average molecular weight is 515 g/mol. The molecule has 0 aliphatic carbocycles. The van der Waals surface area contributed by atoms with E-state index in [-0.39, 0.29) is 18.9 Å². The van der Waals surface area contributed by atoms with E-state index in [4.69, 9.17) is 9.47 Å². The number of unbranched alkanes of at least 4 members (excludes halogenated alkanes) is 1. The first-order chi connectivity index (χ1) is 17.1. The highest BCUT2D eigenvalue weighted by Gasteiger charge is 2.30. The van der Waals surface area contributed by atoms with Crippen LogP contribution in [-0.2, 0) is 38.6 Å². The van der Waals surface area contributed by atoms with Crippen molar-refractivity contribution in [1.29, 1.82) is 0 Å². The van der Waals surface area contributed by atoms with Crippen LogP contribution in [0.2, 0.25) is 0 Å². The van der Waals surface area contributed by atoms with Gasteiger partial charge in [-0.05, 0) is 47.7 Å². The number of benzene rings is 1. The third-order valence-corrected chi connectivity index (χ3v) is 7.11. The molecule has 2 aromatic heterocycles. The summed E-state index contributed by atoms with van der Waals surface area (Å²) >= 11 is 3.07. The van der Waals surface area contributed by atoms with Crippen molar-refractivity contribution in [2.75, 3.05) is 13.7 Å². The molecule has 35 heavy (non-hydrogen) atoms. The number of ether oxygens (including phenoxy) is 2. The molecule has 3 aromatic rings. The molecule has 0 radical (unpaired) electrons. The second-order valence-corrected chi connectivity index (χ2v) is 9.94. The zero-order valence-corrected chi connectivity index (χ0v) is 21.3. The summed E-state index contributed by atoms with van der Waals surface area (Å²) in [6.07, 6.45) is 1.47. The lowest BCUT2D eigenvalue weighted by molar-refractivity contribution is -0.153. The van der Waals surface area contributed by atoms with Crippen LogP contribution in [-0.4, -0.2) is 42.6 Å². The predicted octanol–water partition coefficient (Wildman–Crippen LogP) is 5.02. The number of esters is 1. The molecule has 0 unspecified atom stereocenters. The van der Waals surface area contributed by atoms with E-state index in [9.17, 15) is 14.4 Å². The number of rotatable bonds is 13. The molecule has 1 N–H and O–H groups in total. The summed E-state index contributed by atoms with van der Waals surface area (Å²) in [6.45, 7) is 0.975. The normalized spacial score (nSPS) is 11.5. The molecule has 2 amide bonds. The van der Waals surface area contributed by atoms with Gasteiger partial charge in [0.1, 0.15) is 12.6 Å². The SMILES string of the molecule is COC(=O)[C@H](CCCCNC(=O)OCc1ccccc1)N(Cc1cccs1)C(=O)Cc1cccs1. The molecule has 0 bridgehead atoms. The average Bonchev–Trinajstić information content (AvgIpc) is 3.58. The maximum absolute atomic E-state index is 13.2. The van der Waals surface area contributed by atoms with Crippen molar-refractivity contribution in [2.45, 2.75) is 44.9 Å². The molecule has 7 nitrogen and oxygen atoms in total. The fourth-order valence-electron chi connectivity index (χ4n) is 3.57. The quantitative estimate of drug-likeness (QED) is 0.256. The Labute approximate surface area is 213 Å². The van der Waals surface area contributed by atoms with E-state index in [1.165, 1.54) is 18.4 Å². The van der Waals surface area contributed by atoms with Gasteiger partial charge >= 0.3 is 12.1 Å². The molecule has 1 aromatic carbocycles. The van der Waals surface area contributed by atoms with E-state index in [1.54, 1.807) is 16.2 Å². The van der Waals surface area contributed by atoms with Gasteiger partial charge in [-0.3, -0.25) is 4.79 Å². The molecule has 3 rings (SSSR count). The summed E-state index contributed by atoms with van der Waals surface area (Å²) in [5.74, 6) is -0.546. The van der Waals surface area contributed by atoms with Crippen molar-refractivity contribution in [3.05, 3.63) is 80.7 Å². The number of alkyl carbamates (subject to hydrolysis) is 1. The fourth-order valence-corrected chi connectivity index (χ4v) is 4.97. The first-order valence-electron chi connectivity index (χ1n) is 11.4. The fraction of sp³-hybridized carbons (Fsp3) is 0.346. The Morgan fingerprint density at radius 1 is 0.943 bits per heavy atom. The third kappa shape index (κ3) is 8.84. The zero-order chi connectivity index (χ0) is 24.9. The highest BCUT2D eigenvalue weighted by molar-refractivity contribution is 7.10. The number of methoxy groups -OCH3 is 1. The molecule has 9 heteroatoms. The van der Waals surface area contributed by atoms with Crippen LogP contribution >= 0.6 is 22.7 Å². The lowest BCUT2D eigenvalue weighted by atomic mass is 10.1. The molecule has 0 fully saturated rings.